The van der Waals surface area contributed by atoms with Crippen molar-refractivity contribution in [2.24, 2.45) is 5.14 Å². The standard InChI is InChI=1S/C15H19ClN2O6S/c1-9-6-18(7-10(2)24-9)14(19)8-23-15(20)11-3-4-12(16)13(5-11)25(17,21)22/h3-5,9-10H,6-8H2,1-2H3,(H2,17,21,22)/t9-,10-/m1/s1. The first-order valence-electron chi connectivity index (χ1n) is 7.50. The third kappa shape index (κ3) is 5.15. The Hall–Kier alpha value is -1.68. The highest BCUT2D eigenvalue weighted by molar-refractivity contribution is 7.89. The lowest BCUT2D eigenvalue weighted by Gasteiger charge is -2.35. The molecule has 25 heavy (non-hydrogen) atoms. The average Bonchev–Trinajstić information content (AvgIpc) is 2.50. The molecular weight excluding hydrogens is 372 g/mol. The van der Waals surface area contributed by atoms with E-state index in [2.05, 4.69) is 0 Å². The third-order valence-electron chi connectivity index (χ3n) is 3.57. The number of benzene rings is 1. The van der Waals surface area contributed by atoms with Gasteiger partial charge in [-0.3, -0.25) is 4.79 Å². The van der Waals surface area contributed by atoms with Crippen LogP contribution in [-0.2, 0) is 24.3 Å². The van der Waals surface area contributed by atoms with E-state index in [1.807, 2.05) is 13.8 Å². The number of morpholine rings is 1. The molecule has 138 valence electrons. The van der Waals surface area contributed by atoms with Crippen molar-refractivity contribution < 1.29 is 27.5 Å². The summed E-state index contributed by atoms with van der Waals surface area (Å²) in [6, 6.07) is 3.54. The van der Waals surface area contributed by atoms with E-state index < -0.39 is 22.6 Å². The van der Waals surface area contributed by atoms with Crippen molar-refractivity contribution in [2.45, 2.75) is 31.0 Å². The van der Waals surface area contributed by atoms with Gasteiger partial charge in [0.1, 0.15) is 4.90 Å². The molecular formula is C15H19ClN2O6S. The molecule has 1 heterocycles. The molecule has 8 nitrogen and oxygen atoms in total. The lowest BCUT2D eigenvalue weighted by atomic mass is 10.2. The smallest absolute Gasteiger partial charge is 0.338 e. The SMILES string of the molecule is C[C@@H]1CN(C(=O)COC(=O)c2ccc(Cl)c(S(N)(=O)=O)c2)C[C@@H](C)O1. The summed E-state index contributed by atoms with van der Waals surface area (Å²) >= 11 is 5.76. The summed E-state index contributed by atoms with van der Waals surface area (Å²) in [5.41, 5.74) is -0.0649. The van der Waals surface area contributed by atoms with Crippen molar-refractivity contribution >= 4 is 33.5 Å². The van der Waals surface area contributed by atoms with Gasteiger partial charge >= 0.3 is 5.97 Å². The van der Waals surface area contributed by atoms with E-state index in [4.69, 9.17) is 26.2 Å². The van der Waals surface area contributed by atoms with Gasteiger partial charge in [-0.1, -0.05) is 11.6 Å². The molecule has 0 radical (unpaired) electrons. The van der Waals surface area contributed by atoms with Crippen LogP contribution < -0.4 is 5.14 Å². The summed E-state index contributed by atoms with van der Waals surface area (Å²) in [4.78, 5) is 25.4. The topological polar surface area (TPSA) is 116 Å². The highest BCUT2D eigenvalue weighted by atomic mass is 35.5. The lowest BCUT2D eigenvalue weighted by Crippen LogP contribution is -2.49. The molecule has 1 aromatic rings. The molecule has 2 rings (SSSR count). The monoisotopic (exact) mass is 390 g/mol. The highest BCUT2D eigenvalue weighted by Gasteiger charge is 2.26. The highest BCUT2D eigenvalue weighted by Crippen LogP contribution is 2.22. The van der Waals surface area contributed by atoms with Crippen LogP contribution >= 0.6 is 11.6 Å². The Bertz CT molecular complexity index is 772. The van der Waals surface area contributed by atoms with Gasteiger partial charge in [-0.25, -0.2) is 18.4 Å². The molecule has 1 aliphatic heterocycles. The van der Waals surface area contributed by atoms with Gasteiger partial charge < -0.3 is 14.4 Å². The van der Waals surface area contributed by atoms with Crippen LogP contribution in [0.2, 0.25) is 5.02 Å². The molecule has 1 amide bonds. The van der Waals surface area contributed by atoms with Crippen LogP contribution in [0.25, 0.3) is 0 Å². The molecule has 1 aromatic carbocycles. The number of esters is 1. The Labute approximate surface area is 150 Å². The van der Waals surface area contributed by atoms with Crippen LogP contribution in [0.5, 0.6) is 0 Å². The average molecular weight is 391 g/mol. The van der Waals surface area contributed by atoms with Gasteiger partial charge in [-0.15, -0.1) is 0 Å². The van der Waals surface area contributed by atoms with E-state index in [1.54, 1.807) is 4.90 Å². The van der Waals surface area contributed by atoms with Crippen LogP contribution in [0.3, 0.4) is 0 Å². The largest absolute Gasteiger partial charge is 0.452 e. The predicted octanol–water partition coefficient (Wildman–Crippen LogP) is 0.780. The molecule has 2 atom stereocenters. The Morgan fingerprint density at radius 2 is 1.92 bits per heavy atom. The first-order valence-corrected chi connectivity index (χ1v) is 9.43. The predicted molar refractivity (Wildman–Crippen MR) is 89.7 cm³/mol. The van der Waals surface area contributed by atoms with Crippen LogP contribution in [0.15, 0.2) is 23.1 Å². The number of sulfonamides is 1. The second-order valence-corrected chi connectivity index (χ2v) is 7.76. The van der Waals surface area contributed by atoms with Gasteiger partial charge in [0.05, 0.1) is 22.8 Å². The summed E-state index contributed by atoms with van der Waals surface area (Å²) < 4.78 is 33.4. The molecule has 0 unspecified atom stereocenters. The maximum absolute atomic E-state index is 12.2. The number of ether oxygens (including phenoxy) is 2. The van der Waals surface area contributed by atoms with E-state index in [1.165, 1.54) is 12.1 Å². The number of nitrogens with two attached hydrogens (primary N) is 1. The second-order valence-electron chi connectivity index (χ2n) is 5.82. The minimum Gasteiger partial charge on any atom is -0.452 e. The Balaban J connectivity index is 2.02. The van der Waals surface area contributed by atoms with Gasteiger partial charge in [-0.2, -0.15) is 0 Å². The van der Waals surface area contributed by atoms with E-state index in [0.29, 0.717) is 13.1 Å². The van der Waals surface area contributed by atoms with Crippen molar-refractivity contribution in [2.75, 3.05) is 19.7 Å². The molecule has 0 saturated carbocycles. The van der Waals surface area contributed by atoms with Crippen molar-refractivity contribution in [3.05, 3.63) is 28.8 Å². The molecule has 0 aliphatic carbocycles. The molecule has 2 N–H and O–H groups in total. The van der Waals surface area contributed by atoms with Crippen LogP contribution in [0.1, 0.15) is 24.2 Å². The zero-order chi connectivity index (χ0) is 18.8. The molecule has 1 aliphatic rings. The number of hydrogen-bond donors (Lipinski definition) is 1. The summed E-state index contributed by atoms with van der Waals surface area (Å²) in [5.74, 6) is -1.19. The molecule has 0 bridgehead atoms. The quantitative estimate of drug-likeness (QED) is 0.759. The van der Waals surface area contributed by atoms with Crippen LogP contribution in [0, 0.1) is 0 Å². The lowest BCUT2D eigenvalue weighted by molar-refractivity contribution is -0.146. The maximum Gasteiger partial charge on any atom is 0.338 e. The molecule has 0 spiro atoms. The summed E-state index contributed by atoms with van der Waals surface area (Å²) in [6.07, 6.45) is -0.200. The van der Waals surface area contributed by atoms with E-state index in [-0.39, 0.29) is 33.6 Å². The zero-order valence-electron chi connectivity index (χ0n) is 13.8. The Kier molecular flexibility index (Phi) is 6.04. The number of carbonyl (C=O) groups is 2. The zero-order valence-corrected chi connectivity index (χ0v) is 15.3. The van der Waals surface area contributed by atoms with Crippen molar-refractivity contribution in [3.63, 3.8) is 0 Å². The third-order valence-corrected chi connectivity index (χ3v) is 4.96. The first-order chi connectivity index (χ1) is 11.6. The van der Waals surface area contributed by atoms with E-state index in [0.717, 1.165) is 6.07 Å². The minimum atomic E-state index is -4.08. The van der Waals surface area contributed by atoms with Gasteiger partial charge in [0.25, 0.3) is 5.91 Å². The van der Waals surface area contributed by atoms with Gasteiger partial charge in [0.2, 0.25) is 10.0 Å². The minimum absolute atomic E-state index is 0.0649. The summed E-state index contributed by atoms with van der Waals surface area (Å²) in [7, 11) is -4.08. The number of nitrogens with zero attached hydrogens (tertiary/aromatic N) is 1. The molecule has 0 aromatic heterocycles. The van der Waals surface area contributed by atoms with Crippen molar-refractivity contribution in [1.82, 2.24) is 4.90 Å². The van der Waals surface area contributed by atoms with Crippen molar-refractivity contribution in [3.8, 4) is 0 Å². The maximum atomic E-state index is 12.2. The van der Waals surface area contributed by atoms with Crippen LogP contribution in [0.4, 0.5) is 0 Å². The second kappa shape index (κ2) is 7.69. The Morgan fingerprint density at radius 1 is 1.32 bits per heavy atom. The fourth-order valence-electron chi connectivity index (χ4n) is 2.53. The first kappa shape index (κ1) is 19.6. The molecule has 1 saturated heterocycles. The number of carbonyl (C=O) groups excluding carboxylic acids is 2. The molecule has 1 fully saturated rings. The number of hydrogen-bond acceptors (Lipinski definition) is 6. The van der Waals surface area contributed by atoms with Crippen LogP contribution in [-0.4, -0.2) is 57.1 Å². The number of amides is 1. The van der Waals surface area contributed by atoms with E-state index >= 15 is 0 Å². The number of primary sulfonamides is 1. The Morgan fingerprint density at radius 3 is 2.48 bits per heavy atom. The number of halogens is 1. The summed E-state index contributed by atoms with van der Waals surface area (Å²) in [6.45, 7) is 4.08. The number of rotatable bonds is 4. The fraction of sp³-hybridized carbons (Fsp3) is 0.467. The van der Waals surface area contributed by atoms with E-state index in [9.17, 15) is 18.0 Å². The van der Waals surface area contributed by atoms with Gasteiger partial charge in [0, 0.05) is 13.1 Å². The molecule has 10 heteroatoms. The van der Waals surface area contributed by atoms with Crippen molar-refractivity contribution in [1.29, 1.82) is 0 Å². The van der Waals surface area contributed by atoms with Gasteiger partial charge in [-0.05, 0) is 32.0 Å². The summed E-state index contributed by atoms with van der Waals surface area (Å²) in [5, 5.41) is 4.93. The van der Waals surface area contributed by atoms with Gasteiger partial charge in [0.15, 0.2) is 6.61 Å². The normalized spacial score (nSPS) is 21.0. The fourth-order valence-corrected chi connectivity index (χ4v) is 3.60.